The van der Waals surface area contributed by atoms with Gasteiger partial charge >= 0.3 is 0 Å². The molecule has 7 heteroatoms. The topological polar surface area (TPSA) is 66.5 Å². The van der Waals surface area contributed by atoms with Crippen LogP contribution in [0.1, 0.15) is 39.2 Å². The van der Waals surface area contributed by atoms with Gasteiger partial charge in [0.2, 0.25) is 15.9 Å². The number of carbonyl (C=O) groups excluding carboxylic acids is 1. The van der Waals surface area contributed by atoms with Gasteiger partial charge in [0.25, 0.3) is 0 Å². The first-order valence-electron chi connectivity index (χ1n) is 8.71. The molecule has 2 atom stereocenters. The van der Waals surface area contributed by atoms with Crippen molar-refractivity contribution in [2.75, 3.05) is 13.1 Å². The van der Waals surface area contributed by atoms with E-state index in [1.807, 2.05) is 6.92 Å². The van der Waals surface area contributed by atoms with Crippen LogP contribution < -0.4 is 5.32 Å². The number of hydrogen-bond acceptors (Lipinski definition) is 3. The Morgan fingerprint density at radius 3 is 2.52 bits per heavy atom. The molecule has 1 aliphatic rings. The Bertz CT molecular complexity index is 689. The standard InChI is InChI=1S/C18H27ClN2O3S/c1-13(2)14(3)20-18(22)16-5-4-10-21(11-16)25(23,24)12-15-6-8-17(19)9-7-15/h6-9,13-14,16H,4-5,10-12H2,1-3H3,(H,20,22)/t14-,16-/m1/s1. The SMILES string of the molecule is CC(C)[C@@H](C)NC(=O)[C@@H]1CCCN(S(=O)(=O)Cc2ccc(Cl)cc2)C1. The van der Waals surface area contributed by atoms with E-state index in [0.717, 1.165) is 6.42 Å². The predicted octanol–water partition coefficient (Wildman–Crippen LogP) is 3.04. The largest absolute Gasteiger partial charge is 0.353 e. The molecule has 1 saturated heterocycles. The average molecular weight is 387 g/mol. The second-order valence-corrected chi connectivity index (χ2v) is 9.53. The highest BCUT2D eigenvalue weighted by Crippen LogP contribution is 2.22. The Hall–Kier alpha value is -1.11. The van der Waals surface area contributed by atoms with E-state index in [9.17, 15) is 13.2 Å². The zero-order valence-electron chi connectivity index (χ0n) is 15.0. The molecule has 5 nitrogen and oxygen atoms in total. The smallest absolute Gasteiger partial charge is 0.224 e. The first kappa shape index (κ1) is 20.2. The summed E-state index contributed by atoms with van der Waals surface area (Å²) in [6.07, 6.45) is 1.43. The molecule has 0 saturated carbocycles. The Morgan fingerprint density at radius 2 is 1.92 bits per heavy atom. The number of sulfonamides is 1. The lowest BCUT2D eigenvalue weighted by Gasteiger charge is -2.32. The minimum atomic E-state index is -3.45. The van der Waals surface area contributed by atoms with E-state index >= 15 is 0 Å². The van der Waals surface area contributed by atoms with Gasteiger partial charge in [0, 0.05) is 24.2 Å². The number of halogens is 1. The van der Waals surface area contributed by atoms with E-state index in [-0.39, 0.29) is 30.2 Å². The van der Waals surface area contributed by atoms with Gasteiger partial charge < -0.3 is 5.32 Å². The lowest BCUT2D eigenvalue weighted by molar-refractivity contribution is -0.127. The summed E-state index contributed by atoms with van der Waals surface area (Å²) in [4.78, 5) is 12.4. The zero-order chi connectivity index (χ0) is 18.6. The highest BCUT2D eigenvalue weighted by Gasteiger charge is 2.32. The molecule has 2 rings (SSSR count). The first-order chi connectivity index (χ1) is 11.7. The average Bonchev–Trinajstić information content (AvgIpc) is 2.56. The second-order valence-electron chi connectivity index (χ2n) is 7.12. The molecule has 0 radical (unpaired) electrons. The van der Waals surface area contributed by atoms with Crippen molar-refractivity contribution < 1.29 is 13.2 Å². The molecule has 1 aromatic rings. The zero-order valence-corrected chi connectivity index (χ0v) is 16.6. The lowest BCUT2D eigenvalue weighted by Crippen LogP contribution is -2.48. The highest BCUT2D eigenvalue weighted by atomic mass is 35.5. The maximum Gasteiger partial charge on any atom is 0.224 e. The summed E-state index contributed by atoms with van der Waals surface area (Å²) in [5.41, 5.74) is 0.699. The van der Waals surface area contributed by atoms with Gasteiger partial charge in [-0.2, -0.15) is 0 Å². The molecule has 1 aromatic carbocycles. The summed E-state index contributed by atoms with van der Waals surface area (Å²) in [6.45, 7) is 6.80. The van der Waals surface area contributed by atoms with Crippen molar-refractivity contribution in [3.05, 3.63) is 34.9 Å². The van der Waals surface area contributed by atoms with Crippen LogP contribution in [-0.4, -0.2) is 37.8 Å². The fourth-order valence-electron chi connectivity index (χ4n) is 2.80. The fraction of sp³-hybridized carbons (Fsp3) is 0.611. The molecule has 1 fully saturated rings. The van der Waals surface area contributed by atoms with Gasteiger partial charge in [0.05, 0.1) is 11.7 Å². The summed E-state index contributed by atoms with van der Waals surface area (Å²) in [7, 11) is -3.45. The third kappa shape index (κ3) is 5.69. The molecule has 1 aliphatic heterocycles. The summed E-state index contributed by atoms with van der Waals surface area (Å²) < 4.78 is 26.9. The van der Waals surface area contributed by atoms with Crippen LogP contribution >= 0.6 is 11.6 Å². The second kappa shape index (κ2) is 8.52. The van der Waals surface area contributed by atoms with Crippen molar-refractivity contribution >= 4 is 27.5 Å². The number of rotatable bonds is 6. The predicted molar refractivity (Wildman–Crippen MR) is 101 cm³/mol. The third-order valence-electron chi connectivity index (χ3n) is 4.78. The normalized spacial score (nSPS) is 20.4. The van der Waals surface area contributed by atoms with Crippen LogP contribution in [0.25, 0.3) is 0 Å². The van der Waals surface area contributed by atoms with Crippen LogP contribution in [0.2, 0.25) is 5.02 Å². The number of hydrogen-bond donors (Lipinski definition) is 1. The number of piperidine rings is 1. The molecule has 1 amide bonds. The van der Waals surface area contributed by atoms with Crippen molar-refractivity contribution in [2.45, 2.75) is 45.4 Å². The number of nitrogens with zero attached hydrogens (tertiary/aromatic N) is 1. The monoisotopic (exact) mass is 386 g/mol. The summed E-state index contributed by atoms with van der Waals surface area (Å²) >= 11 is 5.84. The summed E-state index contributed by atoms with van der Waals surface area (Å²) in [5, 5.41) is 3.58. The Balaban J connectivity index is 2.01. The Labute approximate surface area is 155 Å². The van der Waals surface area contributed by atoms with E-state index in [4.69, 9.17) is 11.6 Å². The van der Waals surface area contributed by atoms with E-state index in [1.54, 1.807) is 24.3 Å². The fourth-order valence-corrected chi connectivity index (χ4v) is 4.54. The van der Waals surface area contributed by atoms with Crippen molar-refractivity contribution in [3.8, 4) is 0 Å². The van der Waals surface area contributed by atoms with E-state index < -0.39 is 10.0 Å². The van der Waals surface area contributed by atoms with Crippen molar-refractivity contribution in [1.29, 1.82) is 0 Å². The van der Waals surface area contributed by atoms with Crippen LogP contribution in [0, 0.1) is 11.8 Å². The maximum absolute atomic E-state index is 12.7. The lowest BCUT2D eigenvalue weighted by atomic mass is 9.97. The molecule has 140 valence electrons. The molecule has 0 aliphatic carbocycles. The molecule has 0 bridgehead atoms. The van der Waals surface area contributed by atoms with Crippen LogP contribution in [0.15, 0.2) is 24.3 Å². The minimum absolute atomic E-state index is 0.0485. The highest BCUT2D eigenvalue weighted by molar-refractivity contribution is 7.88. The molecule has 0 unspecified atom stereocenters. The quantitative estimate of drug-likeness (QED) is 0.817. The van der Waals surface area contributed by atoms with Gasteiger partial charge in [0.1, 0.15) is 0 Å². The van der Waals surface area contributed by atoms with Crippen LogP contribution in [0.3, 0.4) is 0 Å². The molecular weight excluding hydrogens is 360 g/mol. The van der Waals surface area contributed by atoms with Crippen LogP contribution in [-0.2, 0) is 20.6 Å². The molecular formula is C18H27ClN2O3S. The van der Waals surface area contributed by atoms with Gasteiger partial charge in [-0.25, -0.2) is 12.7 Å². The van der Waals surface area contributed by atoms with Gasteiger partial charge in [-0.3, -0.25) is 4.79 Å². The molecule has 1 heterocycles. The van der Waals surface area contributed by atoms with Crippen LogP contribution in [0.4, 0.5) is 0 Å². The number of amides is 1. The van der Waals surface area contributed by atoms with Gasteiger partial charge in [-0.1, -0.05) is 37.6 Å². The van der Waals surface area contributed by atoms with Crippen molar-refractivity contribution in [1.82, 2.24) is 9.62 Å². The third-order valence-corrected chi connectivity index (χ3v) is 6.85. The maximum atomic E-state index is 12.7. The van der Waals surface area contributed by atoms with Crippen molar-refractivity contribution in [2.24, 2.45) is 11.8 Å². The van der Waals surface area contributed by atoms with E-state index in [2.05, 4.69) is 19.2 Å². The molecule has 1 N–H and O–H groups in total. The van der Waals surface area contributed by atoms with E-state index in [0.29, 0.717) is 29.5 Å². The number of benzene rings is 1. The molecule has 0 spiro atoms. The number of nitrogens with one attached hydrogen (secondary N) is 1. The van der Waals surface area contributed by atoms with Crippen LogP contribution in [0.5, 0.6) is 0 Å². The molecule has 25 heavy (non-hydrogen) atoms. The Kier molecular flexibility index (Phi) is 6.88. The van der Waals surface area contributed by atoms with Gasteiger partial charge in [-0.05, 0) is 43.4 Å². The summed E-state index contributed by atoms with van der Waals surface area (Å²) in [5.74, 6) is -0.0548. The van der Waals surface area contributed by atoms with Gasteiger partial charge in [-0.15, -0.1) is 0 Å². The van der Waals surface area contributed by atoms with Gasteiger partial charge in [0.15, 0.2) is 0 Å². The molecule has 0 aromatic heterocycles. The summed E-state index contributed by atoms with van der Waals surface area (Å²) in [6, 6.07) is 6.89. The van der Waals surface area contributed by atoms with E-state index in [1.165, 1.54) is 4.31 Å². The first-order valence-corrected chi connectivity index (χ1v) is 10.7. The number of carbonyl (C=O) groups is 1. The van der Waals surface area contributed by atoms with Crippen molar-refractivity contribution in [3.63, 3.8) is 0 Å². The minimum Gasteiger partial charge on any atom is -0.353 e. The Morgan fingerprint density at radius 1 is 1.28 bits per heavy atom.